The average Bonchev–Trinajstić information content (AvgIpc) is 2.69. The molecule has 1 unspecified atom stereocenters. The minimum Gasteiger partial charge on any atom is -0.480 e. The Morgan fingerprint density at radius 2 is 2.53 bits per heavy atom. The Morgan fingerprint density at radius 3 is 3.07 bits per heavy atom. The minimum atomic E-state index is -1.00. The minimum absolute atomic E-state index is 0.379. The van der Waals surface area contributed by atoms with Gasteiger partial charge in [0, 0.05) is 11.5 Å². The van der Waals surface area contributed by atoms with Gasteiger partial charge in [-0.3, -0.25) is 4.79 Å². The van der Waals surface area contributed by atoms with E-state index < -0.39 is 12.0 Å². The van der Waals surface area contributed by atoms with Crippen molar-refractivity contribution in [1.29, 1.82) is 0 Å². The monoisotopic (exact) mass is 245 g/mol. The van der Waals surface area contributed by atoms with Gasteiger partial charge in [-0.15, -0.1) is 0 Å². The fraction of sp³-hybridized carbons (Fsp3) is 0.333. The summed E-state index contributed by atoms with van der Waals surface area (Å²) in [4.78, 5) is 20.8. The lowest BCUT2D eigenvalue weighted by Crippen LogP contribution is -2.37. The summed E-state index contributed by atoms with van der Waals surface area (Å²) in [5.41, 5.74) is 1.18. The van der Waals surface area contributed by atoms with Gasteiger partial charge in [0.05, 0.1) is 0 Å². The molecule has 0 radical (unpaired) electrons. The van der Waals surface area contributed by atoms with Gasteiger partial charge in [-0.05, 0) is 22.4 Å². The summed E-state index contributed by atoms with van der Waals surface area (Å²) < 4.78 is 0. The zero-order valence-electron chi connectivity index (χ0n) is 7.88. The van der Waals surface area contributed by atoms with Crippen molar-refractivity contribution in [1.82, 2.24) is 5.32 Å². The molecule has 1 aromatic rings. The van der Waals surface area contributed by atoms with Crippen molar-refractivity contribution in [3.05, 3.63) is 22.4 Å². The Morgan fingerprint density at radius 1 is 1.73 bits per heavy atom. The van der Waals surface area contributed by atoms with E-state index in [1.165, 1.54) is 17.3 Å². The van der Waals surface area contributed by atoms with Gasteiger partial charge < -0.3 is 10.4 Å². The van der Waals surface area contributed by atoms with E-state index in [-0.39, 0.29) is 0 Å². The van der Waals surface area contributed by atoms with E-state index in [0.717, 1.165) is 5.75 Å². The van der Waals surface area contributed by atoms with Gasteiger partial charge in [0.15, 0.2) is 0 Å². The number of carboxylic acid groups (broad SMARTS) is 1. The first-order valence-corrected chi connectivity index (χ1v) is 6.35. The number of thioether (sulfide) groups is 1. The SMILES string of the molecule is O=CNC(CSCc1ccsc1)C(=O)O. The van der Waals surface area contributed by atoms with Gasteiger partial charge in [-0.2, -0.15) is 23.1 Å². The lowest BCUT2D eigenvalue weighted by atomic mass is 10.3. The maximum atomic E-state index is 10.6. The largest absolute Gasteiger partial charge is 0.480 e. The lowest BCUT2D eigenvalue weighted by molar-refractivity contribution is -0.139. The zero-order valence-corrected chi connectivity index (χ0v) is 9.51. The Bertz CT molecular complexity index is 313. The molecule has 0 aromatic carbocycles. The predicted molar refractivity (Wildman–Crippen MR) is 61.1 cm³/mol. The lowest BCUT2D eigenvalue weighted by Gasteiger charge is -2.09. The third-order valence-electron chi connectivity index (χ3n) is 1.70. The summed E-state index contributed by atoms with van der Waals surface area (Å²) >= 11 is 3.11. The molecular weight excluding hydrogens is 234 g/mol. The fourth-order valence-electron chi connectivity index (χ4n) is 0.942. The summed E-state index contributed by atoms with van der Waals surface area (Å²) in [5.74, 6) is 0.150. The summed E-state index contributed by atoms with van der Waals surface area (Å²) in [7, 11) is 0. The molecule has 0 aliphatic rings. The van der Waals surface area contributed by atoms with Crippen LogP contribution in [0.4, 0.5) is 0 Å². The van der Waals surface area contributed by atoms with Crippen LogP contribution in [0.5, 0.6) is 0 Å². The van der Waals surface area contributed by atoms with Gasteiger partial charge in [-0.25, -0.2) is 4.79 Å². The number of amides is 1. The van der Waals surface area contributed by atoms with Crippen molar-refractivity contribution in [2.75, 3.05) is 5.75 Å². The van der Waals surface area contributed by atoms with E-state index in [1.807, 2.05) is 16.8 Å². The predicted octanol–water partition coefficient (Wildman–Crippen LogP) is 1.18. The molecule has 1 heterocycles. The van der Waals surface area contributed by atoms with Gasteiger partial charge in [-0.1, -0.05) is 0 Å². The zero-order chi connectivity index (χ0) is 11.1. The second kappa shape index (κ2) is 6.47. The normalized spacial score (nSPS) is 12.0. The summed E-state index contributed by atoms with van der Waals surface area (Å²) in [5, 5.41) is 15.0. The van der Waals surface area contributed by atoms with Crippen LogP contribution in [0.3, 0.4) is 0 Å². The Labute approximate surface area is 95.7 Å². The van der Waals surface area contributed by atoms with E-state index in [1.54, 1.807) is 11.3 Å². The van der Waals surface area contributed by atoms with Crippen LogP contribution in [-0.2, 0) is 15.3 Å². The van der Waals surface area contributed by atoms with Crippen LogP contribution in [-0.4, -0.2) is 29.3 Å². The second-order valence-corrected chi connectivity index (χ2v) is 4.63. The first-order valence-electron chi connectivity index (χ1n) is 4.25. The number of carbonyl (C=O) groups excluding carboxylic acids is 1. The highest BCUT2D eigenvalue weighted by Gasteiger charge is 2.15. The van der Waals surface area contributed by atoms with Crippen LogP contribution in [0.15, 0.2) is 16.8 Å². The molecule has 15 heavy (non-hydrogen) atoms. The number of hydrogen-bond acceptors (Lipinski definition) is 4. The van der Waals surface area contributed by atoms with Gasteiger partial charge >= 0.3 is 5.97 Å². The Balaban J connectivity index is 2.28. The van der Waals surface area contributed by atoms with Crippen LogP contribution in [0.2, 0.25) is 0 Å². The standard InChI is InChI=1S/C9H11NO3S2/c11-6-10-8(9(12)13)5-15-4-7-1-2-14-3-7/h1-3,6,8H,4-5H2,(H,10,11)(H,12,13). The molecule has 1 amide bonds. The average molecular weight is 245 g/mol. The van der Waals surface area contributed by atoms with Crippen molar-refractivity contribution in [2.45, 2.75) is 11.8 Å². The molecule has 1 atom stereocenters. The topological polar surface area (TPSA) is 66.4 Å². The number of aliphatic carboxylic acids is 1. The molecule has 0 saturated carbocycles. The summed E-state index contributed by atoms with van der Waals surface area (Å²) in [6.45, 7) is 0. The van der Waals surface area contributed by atoms with Crippen molar-refractivity contribution in [3.63, 3.8) is 0 Å². The van der Waals surface area contributed by atoms with E-state index in [9.17, 15) is 9.59 Å². The number of nitrogens with one attached hydrogen (secondary N) is 1. The molecule has 0 spiro atoms. The molecule has 4 nitrogen and oxygen atoms in total. The summed E-state index contributed by atoms with van der Waals surface area (Å²) in [6.07, 6.45) is 0.421. The smallest absolute Gasteiger partial charge is 0.327 e. The maximum Gasteiger partial charge on any atom is 0.327 e. The van der Waals surface area contributed by atoms with Crippen molar-refractivity contribution < 1.29 is 14.7 Å². The van der Waals surface area contributed by atoms with Crippen LogP contribution in [0, 0.1) is 0 Å². The highest BCUT2D eigenvalue weighted by molar-refractivity contribution is 7.98. The van der Waals surface area contributed by atoms with Gasteiger partial charge in [0.2, 0.25) is 6.41 Å². The third kappa shape index (κ3) is 4.35. The van der Waals surface area contributed by atoms with E-state index in [0.29, 0.717) is 12.2 Å². The Hall–Kier alpha value is -1.01. The fourth-order valence-corrected chi connectivity index (χ4v) is 2.72. The highest BCUT2D eigenvalue weighted by Crippen LogP contribution is 2.15. The third-order valence-corrected chi connectivity index (χ3v) is 3.54. The molecule has 0 bridgehead atoms. The molecular formula is C9H11NO3S2. The molecule has 1 rings (SSSR count). The van der Waals surface area contributed by atoms with Crippen LogP contribution < -0.4 is 5.32 Å². The molecule has 82 valence electrons. The van der Waals surface area contributed by atoms with Gasteiger partial charge in [0.1, 0.15) is 6.04 Å². The molecule has 6 heteroatoms. The van der Waals surface area contributed by atoms with E-state index in [4.69, 9.17) is 5.11 Å². The maximum absolute atomic E-state index is 10.6. The van der Waals surface area contributed by atoms with Crippen LogP contribution in [0.25, 0.3) is 0 Å². The number of hydrogen-bond donors (Lipinski definition) is 2. The molecule has 0 fully saturated rings. The number of carbonyl (C=O) groups is 2. The number of rotatable bonds is 7. The first-order chi connectivity index (χ1) is 7.24. The Kier molecular flexibility index (Phi) is 5.20. The van der Waals surface area contributed by atoms with Crippen LogP contribution in [0.1, 0.15) is 5.56 Å². The van der Waals surface area contributed by atoms with Crippen molar-refractivity contribution in [3.8, 4) is 0 Å². The second-order valence-electron chi connectivity index (χ2n) is 2.82. The molecule has 2 N–H and O–H groups in total. The molecule has 0 aliphatic heterocycles. The van der Waals surface area contributed by atoms with Crippen molar-refractivity contribution in [2.24, 2.45) is 0 Å². The first kappa shape index (κ1) is 12.1. The van der Waals surface area contributed by atoms with Crippen molar-refractivity contribution >= 4 is 35.5 Å². The highest BCUT2D eigenvalue weighted by atomic mass is 32.2. The number of thiophene rings is 1. The van der Waals surface area contributed by atoms with E-state index >= 15 is 0 Å². The summed E-state index contributed by atoms with van der Waals surface area (Å²) in [6, 6.07) is 1.20. The molecule has 0 saturated heterocycles. The molecule has 0 aliphatic carbocycles. The van der Waals surface area contributed by atoms with Crippen LogP contribution >= 0.6 is 23.1 Å². The quantitative estimate of drug-likeness (QED) is 0.708. The van der Waals surface area contributed by atoms with E-state index in [2.05, 4.69) is 5.32 Å². The number of carboxylic acids is 1. The van der Waals surface area contributed by atoms with Gasteiger partial charge in [0.25, 0.3) is 0 Å². The molecule has 1 aromatic heterocycles.